The van der Waals surface area contributed by atoms with Crippen LogP contribution in [0.4, 0.5) is 0 Å². The van der Waals surface area contributed by atoms with E-state index in [0.29, 0.717) is 0 Å². The van der Waals surface area contributed by atoms with Crippen LogP contribution in [-0.2, 0) is 28.4 Å². The van der Waals surface area contributed by atoms with E-state index in [-0.39, 0.29) is 13.2 Å². The van der Waals surface area contributed by atoms with E-state index in [9.17, 15) is 9.59 Å². The average molecular weight is 215 g/mol. The maximum atomic E-state index is 10.6. The van der Waals surface area contributed by atoms with Gasteiger partial charge < -0.3 is 18.8 Å². The lowest BCUT2D eigenvalue weighted by atomic mass is 10.2. The molecule has 15 heavy (non-hydrogen) atoms. The molecule has 0 bridgehead atoms. The largest absolute Gasteiger partial charge is 0.488 e. The molecule has 7 heteroatoms. The van der Waals surface area contributed by atoms with Gasteiger partial charge in [-0.25, -0.2) is 0 Å². The molecule has 1 saturated heterocycles. The Morgan fingerprint density at radius 3 is 1.80 bits per heavy atom. The highest BCUT2D eigenvalue weighted by molar-refractivity contribution is 6.19. The minimum absolute atomic E-state index is 0.0811. The molecule has 1 aliphatic heterocycles. The summed E-state index contributed by atoms with van der Waals surface area (Å²) in [5, 5.41) is 0. The Hall–Kier alpha value is -1.08. The summed E-state index contributed by atoms with van der Waals surface area (Å²) in [6.07, 6.45) is -0.846. The summed E-state index contributed by atoms with van der Waals surface area (Å²) < 4.78 is 19.6. The fourth-order valence-electron chi connectivity index (χ4n) is 1.04. The van der Waals surface area contributed by atoms with Crippen molar-refractivity contribution in [1.29, 1.82) is 0 Å². The second kappa shape index (κ2) is 5.72. The third kappa shape index (κ3) is 4.31. The van der Waals surface area contributed by atoms with E-state index in [1.165, 1.54) is 13.8 Å². The summed E-state index contributed by atoms with van der Waals surface area (Å²) in [7, 11) is 1.16. The number of carbonyl (C=O) groups is 2. The van der Waals surface area contributed by atoms with Crippen molar-refractivity contribution in [2.45, 2.75) is 26.1 Å². The highest BCUT2D eigenvalue weighted by Gasteiger charge is 2.32. The molecule has 0 spiro atoms. The van der Waals surface area contributed by atoms with Crippen molar-refractivity contribution < 1.29 is 28.4 Å². The van der Waals surface area contributed by atoms with Crippen molar-refractivity contribution >= 4 is 19.6 Å². The first-order valence-electron chi connectivity index (χ1n) is 4.49. The van der Waals surface area contributed by atoms with Gasteiger partial charge in [-0.1, -0.05) is 0 Å². The molecular formula is C8H12BO6. The number of rotatable bonds is 4. The fourth-order valence-corrected chi connectivity index (χ4v) is 1.04. The van der Waals surface area contributed by atoms with E-state index in [1.54, 1.807) is 0 Å². The zero-order chi connectivity index (χ0) is 11.3. The van der Waals surface area contributed by atoms with E-state index in [4.69, 9.17) is 18.8 Å². The Balaban J connectivity index is 2.29. The lowest BCUT2D eigenvalue weighted by Gasteiger charge is -2.17. The Morgan fingerprint density at radius 1 is 1.07 bits per heavy atom. The highest BCUT2D eigenvalue weighted by Crippen LogP contribution is 2.12. The van der Waals surface area contributed by atoms with E-state index in [1.807, 2.05) is 0 Å². The Morgan fingerprint density at radius 2 is 1.47 bits per heavy atom. The van der Waals surface area contributed by atoms with Crippen LogP contribution in [0.25, 0.3) is 0 Å². The zero-order valence-electron chi connectivity index (χ0n) is 8.60. The molecule has 1 fully saturated rings. The fraction of sp³-hybridized carbons (Fsp3) is 0.750. The summed E-state index contributed by atoms with van der Waals surface area (Å²) in [4.78, 5) is 21.1. The first kappa shape index (κ1) is 12.0. The number of hydrogen-bond acceptors (Lipinski definition) is 6. The zero-order valence-corrected chi connectivity index (χ0v) is 8.60. The normalized spacial score (nSPS) is 24.4. The Bertz CT molecular complexity index is 219. The number of ether oxygens (including phenoxy) is 2. The van der Waals surface area contributed by atoms with E-state index in [0.717, 1.165) is 7.69 Å². The molecule has 0 saturated carbocycles. The van der Waals surface area contributed by atoms with Gasteiger partial charge in [0.25, 0.3) is 0 Å². The van der Waals surface area contributed by atoms with Crippen molar-refractivity contribution in [2.75, 3.05) is 13.2 Å². The van der Waals surface area contributed by atoms with Crippen molar-refractivity contribution in [3.8, 4) is 0 Å². The van der Waals surface area contributed by atoms with Crippen LogP contribution in [0.2, 0.25) is 0 Å². The molecule has 1 aliphatic rings. The highest BCUT2D eigenvalue weighted by atomic mass is 16.7. The number of carbonyl (C=O) groups excluding carboxylic acids is 2. The molecule has 1 rings (SSSR count). The monoisotopic (exact) mass is 215 g/mol. The van der Waals surface area contributed by atoms with E-state index >= 15 is 0 Å². The average Bonchev–Trinajstić information content (AvgIpc) is 2.58. The first-order valence-corrected chi connectivity index (χ1v) is 4.49. The molecule has 0 aromatic heterocycles. The van der Waals surface area contributed by atoms with E-state index < -0.39 is 24.1 Å². The lowest BCUT2D eigenvalue weighted by molar-refractivity contribution is -0.148. The maximum Gasteiger partial charge on any atom is 0.488 e. The third-order valence-corrected chi connectivity index (χ3v) is 1.78. The summed E-state index contributed by atoms with van der Waals surface area (Å²) >= 11 is 0. The van der Waals surface area contributed by atoms with Crippen LogP contribution in [0, 0.1) is 0 Å². The molecule has 6 nitrogen and oxygen atoms in total. The minimum Gasteiger partial charge on any atom is -0.463 e. The van der Waals surface area contributed by atoms with Gasteiger partial charge in [-0.15, -0.1) is 0 Å². The quantitative estimate of drug-likeness (QED) is 0.462. The predicted octanol–water partition coefficient (Wildman–Crippen LogP) is -0.569. The minimum atomic E-state index is -0.423. The third-order valence-electron chi connectivity index (χ3n) is 1.78. The van der Waals surface area contributed by atoms with Crippen LogP contribution in [0.5, 0.6) is 0 Å². The van der Waals surface area contributed by atoms with Gasteiger partial charge in [-0.2, -0.15) is 0 Å². The van der Waals surface area contributed by atoms with E-state index in [2.05, 4.69) is 0 Å². The molecule has 0 aromatic rings. The number of esters is 2. The Kier molecular flexibility index (Phi) is 4.58. The molecule has 2 atom stereocenters. The maximum absolute atomic E-state index is 10.6. The molecule has 0 amide bonds. The van der Waals surface area contributed by atoms with Gasteiger partial charge in [0.15, 0.2) is 0 Å². The molecule has 1 heterocycles. The van der Waals surface area contributed by atoms with Crippen molar-refractivity contribution in [3.05, 3.63) is 0 Å². The molecule has 0 unspecified atom stereocenters. The van der Waals surface area contributed by atoms with Crippen LogP contribution in [-0.4, -0.2) is 45.0 Å². The van der Waals surface area contributed by atoms with Crippen LogP contribution < -0.4 is 0 Å². The summed E-state index contributed by atoms with van der Waals surface area (Å²) in [5.74, 6) is -0.784. The van der Waals surface area contributed by atoms with Crippen molar-refractivity contribution in [3.63, 3.8) is 0 Å². The van der Waals surface area contributed by atoms with Crippen LogP contribution in [0.3, 0.4) is 0 Å². The van der Waals surface area contributed by atoms with Gasteiger partial charge >= 0.3 is 19.6 Å². The van der Waals surface area contributed by atoms with Gasteiger partial charge in [0, 0.05) is 13.8 Å². The molecular weight excluding hydrogens is 203 g/mol. The molecule has 83 valence electrons. The Labute approximate surface area is 88.1 Å². The van der Waals surface area contributed by atoms with Gasteiger partial charge in [-0.3, -0.25) is 9.59 Å². The lowest BCUT2D eigenvalue weighted by Crippen LogP contribution is -2.32. The second-order valence-corrected chi connectivity index (χ2v) is 3.05. The van der Waals surface area contributed by atoms with Crippen molar-refractivity contribution in [2.24, 2.45) is 0 Å². The summed E-state index contributed by atoms with van der Waals surface area (Å²) in [5.41, 5.74) is 0. The molecule has 0 aromatic carbocycles. The van der Waals surface area contributed by atoms with Crippen LogP contribution in [0.15, 0.2) is 0 Å². The van der Waals surface area contributed by atoms with Gasteiger partial charge in [-0.05, 0) is 0 Å². The SMILES string of the molecule is CC(=O)OC[C@H]1O[B]O[C@@H]1COC(C)=O. The first-order chi connectivity index (χ1) is 7.09. The summed E-state index contributed by atoms with van der Waals surface area (Å²) in [6, 6.07) is 0. The smallest absolute Gasteiger partial charge is 0.463 e. The van der Waals surface area contributed by atoms with Gasteiger partial charge in [0.1, 0.15) is 25.4 Å². The second-order valence-electron chi connectivity index (χ2n) is 3.05. The molecule has 0 N–H and O–H groups in total. The molecule has 1 radical (unpaired) electrons. The standard InChI is InChI=1S/C8H12BO6/c1-5(10)12-3-7-8(15-9-14-7)4-13-6(2)11/h7-8H,3-4H2,1-2H3/t7-,8-/m1/s1. The predicted molar refractivity (Wildman–Crippen MR) is 48.8 cm³/mol. The van der Waals surface area contributed by atoms with Gasteiger partial charge in [0.05, 0.1) is 0 Å². The van der Waals surface area contributed by atoms with Crippen molar-refractivity contribution in [1.82, 2.24) is 0 Å². The number of hydrogen-bond donors (Lipinski definition) is 0. The van der Waals surface area contributed by atoms with Gasteiger partial charge in [0.2, 0.25) is 0 Å². The van der Waals surface area contributed by atoms with Crippen LogP contribution >= 0.6 is 0 Å². The summed E-state index contributed by atoms with van der Waals surface area (Å²) in [6.45, 7) is 2.77. The van der Waals surface area contributed by atoms with Crippen LogP contribution in [0.1, 0.15) is 13.8 Å². The molecule has 0 aliphatic carbocycles. The topological polar surface area (TPSA) is 71.1 Å².